The molecule has 13 heteroatoms. The maximum atomic E-state index is 14.3. The molecule has 1 atom stereocenters. The van der Waals surface area contributed by atoms with Crippen molar-refractivity contribution in [3.8, 4) is 11.3 Å². The molecule has 1 amide bonds. The maximum absolute atomic E-state index is 14.3. The fraction of sp³-hybridized carbons (Fsp3) is 0.318. The monoisotopic (exact) mass is 501 g/mol. The van der Waals surface area contributed by atoms with Crippen LogP contribution in [-0.2, 0) is 30.5 Å². The molecule has 3 heterocycles. The van der Waals surface area contributed by atoms with E-state index in [-0.39, 0.29) is 55.0 Å². The Balaban J connectivity index is 1.55. The second-order valence-corrected chi connectivity index (χ2v) is 8.08. The number of nitrogens with zero attached hydrogens (tertiary/aromatic N) is 4. The molecule has 186 valence electrons. The molecule has 2 N–H and O–H groups in total. The van der Waals surface area contributed by atoms with Crippen molar-refractivity contribution in [2.45, 2.75) is 38.1 Å². The second kappa shape index (κ2) is 9.29. The van der Waals surface area contributed by atoms with Crippen LogP contribution in [0.4, 0.5) is 30.7 Å². The summed E-state index contributed by atoms with van der Waals surface area (Å²) in [5.74, 6) is -6.28. The third-order valence-electron chi connectivity index (χ3n) is 5.65. The van der Waals surface area contributed by atoms with Gasteiger partial charge in [0.05, 0.1) is 24.1 Å². The molecule has 0 bridgehead atoms. The van der Waals surface area contributed by atoms with E-state index in [1.54, 1.807) is 0 Å². The molecular formula is C22H18F7N5O. The quantitative estimate of drug-likeness (QED) is 0.426. The summed E-state index contributed by atoms with van der Waals surface area (Å²) in [6.07, 6.45) is -3.36. The number of rotatable bonds is 5. The number of benzene rings is 1. The lowest BCUT2D eigenvalue weighted by Gasteiger charge is -2.30. The van der Waals surface area contributed by atoms with E-state index in [1.165, 1.54) is 17.2 Å². The van der Waals surface area contributed by atoms with Crippen molar-refractivity contribution in [2.75, 3.05) is 6.54 Å². The van der Waals surface area contributed by atoms with E-state index >= 15 is 0 Å². The molecule has 1 aromatic carbocycles. The maximum Gasteiger partial charge on any atom is 0.449 e. The molecule has 1 aliphatic heterocycles. The van der Waals surface area contributed by atoms with E-state index in [4.69, 9.17) is 5.73 Å². The first-order chi connectivity index (χ1) is 16.5. The van der Waals surface area contributed by atoms with Crippen molar-refractivity contribution in [2.24, 2.45) is 5.73 Å². The summed E-state index contributed by atoms with van der Waals surface area (Å²) in [4.78, 5) is 21.3. The number of hydrogen-bond donors (Lipinski definition) is 1. The van der Waals surface area contributed by atoms with Crippen LogP contribution in [0.5, 0.6) is 0 Å². The summed E-state index contributed by atoms with van der Waals surface area (Å²) >= 11 is 0. The standard InChI is InChI=1S/C22H18F7N5O/c23-14-8-16(25)15(24)6-11(14)5-12(30)7-19(35)33-3-4-34-18(10-33)20(32-21(34)22(27,28)29)13-1-2-31-9-17(13)26/h1-2,6,8-9,12H,3-5,7,10,30H2/t12-/m1/s1. The van der Waals surface area contributed by atoms with Crippen molar-refractivity contribution < 1.29 is 35.5 Å². The normalized spacial score (nSPS) is 14.7. The number of hydrogen-bond acceptors (Lipinski definition) is 4. The Labute approximate surface area is 194 Å². The molecule has 6 nitrogen and oxygen atoms in total. The molecule has 0 radical (unpaired) electrons. The van der Waals surface area contributed by atoms with Gasteiger partial charge in [-0.05, 0) is 24.1 Å². The number of carbonyl (C=O) groups excluding carboxylic acids is 1. The molecule has 0 spiro atoms. The van der Waals surface area contributed by atoms with Crippen molar-refractivity contribution >= 4 is 5.91 Å². The van der Waals surface area contributed by atoms with E-state index in [9.17, 15) is 35.5 Å². The summed E-state index contributed by atoms with van der Waals surface area (Å²) in [7, 11) is 0. The molecule has 35 heavy (non-hydrogen) atoms. The van der Waals surface area contributed by atoms with E-state index in [2.05, 4.69) is 9.97 Å². The Morgan fingerprint density at radius 1 is 1.06 bits per heavy atom. The minimum atomic E-state index is -4.81. The molecule has 0 aliphatic carbocycles. The van der Waals surface area contributed by atoms with Gasteiger partial charge in [-0.1, -0.05) is 0 Å². The summed E-state index contributed by atoms with van der Waals surface area (Å²) in [6, 6.07) is 1.24. The van der Waals surface area contributed by atoms with Crippen LogP contribution in [0, 0.1) is 23.3 Å². The number of imidazole rings is 1. The summed E-state index contributed by atoms with van der Waals surface area (Å²) in [6.45, 7) is -0.649. The van der Waals surface area contributed by atoms with Crippen LogP contribution in [-0.4, -0.2) is 37.9 Å². The largest absolute Gasteiger partial charge is 0.449 e. The van der Waals surface area contributed by atoms with Gasteiger partial charge in [0.2, 0.25) is 11.7 Å². The van der Waals surface area contributed by atoms with Crippen molar-refractivity contribution in [3.63, 3.8) is 0 Å². The van der Waals surface area contributed by atoms with Gasteiger partial charge in [-0.15, -0.1) is 0 Å². The van der Waals surface area contributed by atoms with Gasteiger partial charge in [0.1, 0.15) is 5.82 Å². The SMILES string of the molecule is N[C@@H](CC(=O)N1CCn2c(C(F)(F)F)nc(-c3ccncc3F)c2C1)Cc1cc(F)c(F)cc1F. The number of alkyl halides is 3. The Morgan fingerprint density at radius 2 is 1.77 bits per heavy atom. The van der Waals surface area contributed by atoms with E-state index in [1.807, 2.05) is 0 Å². The number of aromatic nitrogens is 3. The molecular weight excluding hydrogens is 483 g/mol. The zero-order valence-corrected chi connectivity index (χ0v) is 17.9. The minimum absolute atomic E-state index is 0.0118. The number of fused-ring (bicyclic) bond motifs is 1. The Bertz CT molecular complexity index is 1270. The predicted molar refractivity (Wildman–Crippen MR) is 108 cm³/mol. The van der Waals surface area contributed by atoms with Crippen LogP contribution < -0.4 is 5.73 Å². The number of halogens is 7. The predicted octanol–water partition coefficient (Wildman–Crippen LogP) is 3.82. The van der Waals surface area contributed by atoms with Crippen molar-refractivity contribution in [3.05, 3.63) is 70.9 Å². The number of nitrogens with two attached hydrogens (primary N) is 1. The second-order valence-electron chi connectivity index (χ2n) is 8.08. The van der Waals surface area contributed by atoms with Crippen LogP contribution in [0.3, 0.4) is 0 Å². The zero-order valence-electron chi connectivity index (χ0n) is 17.9. The molecule has 2 aromatic heterocycles. The van der Waals surface area contributed by atoms with Crippen molar-refractivity contribution in [1.29, 1.82) is 0 Å². The Morgan fingerprint density at radius 3 is 2.46 bits per heavy atom. The average Bonchev–Trinajstić information content (AvgIpc) is 3.17. The Kier molecular flexibility index (Phi) is 6.54. The summed E-state index contributed by atoms with van der Waals surface area (Å²) < 4.78 is 96.3. The lowest BCUT2D eigenvalue weighted by molar-refractivity contribution is -0.148. The molecule has 0 fully saturated rings. The zero-order chi connectivity index (χ0) is 25.5. The number of carbonyl (C=O) groups is 1. The first-order valence-electron chi connectivity index (χ1n) is 10.4. The average molecular weight is 501 g/mol. The van der Waals surface area contributed by atoms with Crippen LogP contribution in [0.15, 0.2) is 30.6 Å². The lowest BCUT2D eigenvalue weighted by atomic mass is 10.0. The highest BCUT2D eigenvalue weighted by molar-refractivity contribution is 5.77. The lowest BCUT2D eigenvalue weighted by Crippen LogP contribution is -2.42. The van der Waals surface area contributed by atoms with Crippen LogP contribution in [0.1, 0.15) is 23.5 Å². The van der Waals surface area contributed by atoms with Gasteiger partial charge in [-0.3, -0.25) is 9.78 Å². The molecule has 1 aliphatic rings. The van der Waals surface area contributed by atoms with E-state index < -0.39 is 47.2 Å². The van der Waals surface area contributed by atoms with Crippen LogP contribution in [0.25, 0.3) is 11.3 Å². The summed E-state index contributed by atoms with van der Waals surface area (Å²) in [5.41, 5.74) is 5.23. The Hall–Kier alpha value is -3.48. The third-order valence-corrected chi connectivity index (χ3v) is 5.65. The highest BCUT2D eigenvalue weighted by Crippen LogP contribution is 2.36. The highest BCUT2D eigenvalue weighted by atomic mass is 19.4. The summed E-state index contributed by atoms with van der Waals surface area (Å²) in [5, 5.41) is 0. The van der Waals surface area contributed by atoms with Gasteiger partial charge in [0, 0.05) is 43.4 Å². The third kappa shape index (κ3) is 4.99. The molecule has 4 rings (SSSR count). The van der Waals surface area contributed by atoms with Gasteiger partial charge in [0.15, 0.2) is 17.5 Å². The van der Waals surface area contributed by atoms with Gasteiger partial charge < -0.3 is 15.2 Å². The van der Waals surface area contributed by atoms with Crippen LogP contribution >= 0.6 is 0 Å². The minimum Gasteiger partial charge on any atom is -0.335 e. The van der Waals surface area contributed by atoms with Gasteiger partial charge >= 0.3 is 6.18 Å². The van der Waals surface area contributed by atoms with E-state index in [0.29, 0.717) is 12.1 Å². The molecule has 3 aromatic rings. The first-order valence-corrected chi connectivity index (χ1v) is 10.4. The van der Waals surface area contributed by atoms with E-state index in [0.717, 1.165) is 10.8 Å². The highest BCUT2D eigenvalue weighted by Gasteiger charge is 2.41. The fourth-order valence-corrected chi connectivity index (χ4v) is 4.01. The van der Waals surface area contributed by atoms with Crippen LogP contribution in [0.2, 0.25) is 0 Å². The number of pyridine rings is 1. The molecule has 0 saturated carbocycles. The smallest absolute Gasteiger partial charge is 0.335 e. The first kappa shape index (κ1) is 24.6. The van der Waals surface area contributed by atoms with Crippen molar-refractivity contribution in [1.82, 2.24) is 19.4 Å². The fourth-order valence-electron chi connectivity index (χ4n) is 4.01. The number of amides is 1. The van der Waals surface area contributed by atoms with Gasteiger partial charge in [-0.2, -0.15) is 13.2 Å². The van der Waals surface area contributed by atoms with Gasteiger partial charge in [0.25, 0.3) is 0 Å². The van der Waals surface area contributed by atoms with Gasteiger partial charge in [-0.25, -0.2) is 22.5 Å². The topological polar surface area (TPSA) is 77.0 Å². The molecule has 0 unspecified atom stereocenters. The molecule has 0 saturated heterocycles.